The Bertz CT molecular complexity index is 640. The molecule has 2 aromatic rings. The van der Waals surface area contributed by atoms with Crippen LogP contribution in [0.25, 0.3) is 0 Å². The van der Waals surface area contributed by atoms with Crippen molar-refractivity contribution in [2.24, 2.45) is 5.73 Å². The number of nitrogens with zero attached hydrogens (tertiary/aromatic N) is 1. The minimum Gasteiger partial charge on any atom is -0.391 e. The Kier molecular flexibility index (Phi) is 6.67. The molecule has 1 aromatic carbocycles. The van der Waals surface area contributed by atoms with Gasteiger partial charge in [-0.05, 0) is 45.1 Å². The third kappa shape index (κ3) is 6.55. The van der Waals surface area contributed by atoms with Gasteiger partial charge in [0.2, 0.25) is 5.95 Å². The summed E-state index contributed by atoms with van der Waals surface area (Å²) in [5.74, 6) is -0.466. The quantitative estimate of drug-likeness (QED) is 0.647. The zero-order chi connectivity index (χ0) is 18.4. The summed E-state index contributed by atoms with van der Waals surface area (Å²) in [5, 5.41) is 10.5. The molecule has 0 aliphatic heterocycles. The SMILES string of the molecule is CC(C)(F)CC[C@H](C[C@H](O)[C@@H](N)Cc1ccccc1)c1nc(F)c[nH]1. The van der Waals surface area contributed by atoms with Gasteiger partial charge in [0, 0.05) is 12.0 Å². The molecule has 4 nitrogen and oxygen atoms in total. The van der Waals surface area contributed by atoms with Gasteiger partial charge in [-0.2, -0.15) is 4.39 Å². The highest BCUT2D eigenvalue weighted by Gasteiger charge is 2.26. The Labute approximate surface area is 147 Å². The van der Waals surface area contributed by atoms with E-state index >= 15 is 0 Å². The van der Waals surface area contributed by atoms with Crippen LogP contribution in [-0.4, -0.2) is 32.9 Å². The maximum atomic E-state index is 13.9. The molecule has 4 N–H and O–H groups in total. The molecule has 0 saturated carbocycles. The summed E-state index contributed by atoms with van der Waals surface area (Å²) in [4.78, 5) is 6.59. The Morgan fingerprint density at radius 3 is 2.52 bits per heavy atom. The molecule has 0 bridgehead atoms. The van der Waals surface area contributed by atoms with Crippen LogP contribution in [0.1, 0.15) is 50.4 Å². The van der Waals surface area contributed by atoms with E-state index in [0.29, 0.717) is 31.5 Å². The van der Waals surface area contributed by atoms with E-state index < -0.39 is 23.8 Å². The van der Waals surface area contributed by atoms with Crippen LogP contribution in [0.4, 0.5) is 8.78 Å². The van der Waals surface area contributed by atoms with Crippen LogP contribution in [0, 0.1) is 5.95 Å². The first-order valence-electron chi connectivity index (χ1n) is 8.62. The van der Waals surface area contributed by atoms with Gasteiger partial charge in [0.25, 0.3) is 0 Å². The van der Waals surface area contributed by atoms with Crippen molar-refractivity contribution in [2.75, 3.05) is 0 Å². The Morgan fingerprint density at radius 2 is 1.96 bits per heavy atom. The van der Waals surface area contributed by atoms with Crippen LogP contribution >= 0.6 is 0 Å². The summed E-state index contributed by atoms with van der Waals surface area (Å²) >= 11 is 0. The molecule has 3 atom stereocenters. The molecule has 0 amide bonds. The number of nitrogens with two attached hydrogens (primary N) is 1. The van der Waals surface area contributed by atoms with Crippen molar-refractivity contribution >= 4 is 0 Å². The summed E-state index contributed by atoms with van der Waals surface area (Å²) in [6, 6.07) is 9.22. The third-order valence-electron chi connectivity index (χ3n) is 4.37. The van der Waals surface area contributed by atoms with Crippen LogP contribution in [0.2, 0.25) is 0 Å². The van der Waals surface area contributed by atoms with E-state index in [2.05, 4.69) is 9.97 Å². The average Bonchev–Trinajstić information content (AvgIpc) is 2.97. The van der Waals surface area contributed by atoms with Crippen molar-refractivity contribution in [3.63, 3.8) is 0 Å². The lowest BCUT2D eigenvalue weighted by molar-refractivity contribution is 0.117. The van der Waals surface area contributed by atoms with Gasteiger partial charge in [-0.15, -0.1) is 0 Å². The predicted octanol–water partition coefficient (Wildman–Crippen LogP) is 3.48. The third-order valence-corrected chi connectivity index (χ3v) is 4.37. The van der Waals surface area contributed by atoms with Gasteiger partial charge in [-0.3, -0.25) is 0 Å². The summed E-state index contributed by atoms with van der Waals surface area (Å²) in [6.45, 7) is 3.01. The maximum absolute atomic E-state index is 13.9. The largest absolute Gasteiger partial charge is 0.391 e. The monoisotopic (exact) mass is 351 g/mol. The molecular weight excluding hydrogens is 324 g/mol. The fourth-order valence-corrected chi connectivity index (χ4v) is 2.89. The van der Waals surface area contributed by atoms with Gasteiger partial charge in [0.15, 0.2) is 0 Å². The van der Waals surface area contributed by atoms with E-state index in [1.165, 1.54) is 20.0 Å². The molecule has 0 fully saturated rings. The molecule has 0 aliphatic carbocycles. The van der Waals surface area contributed by atoms with Crippen LogP contribution in [0.5, 0.6) is 0 Å². The minimum atomic E-state index is -1.33. The number of alkyl halides is 1. The molecule has 0 saturated heterocycles. The normalized spacial score (nSPS) is 15.8. The number of nitrogens with one attached hydrogen (secondary N) is 1. The Morgan fingerprint density at radius 1 is 1.28 bits per heavy atom. The van der Waals surface area contributed by atoms with Crippen LogP contribution in [-0.2, 0) is 6.42 Å². The molecular formula is C19H27F2N3O. The fraction of sp³-hybridized carbons (Fsp3) is 0.526. The fourth-order valence-electron chi connectivity index (χ4n) is 2.89. The first kappa shape index (κ1) is 19.5. The first-order valence-corrected chi connectivity index (χ1v) is 8.62. The Balaban J connectivity index is 2.01. The molecule has 2 rings (SSSR count). The number of aliphatic hydroxyl groups is 1. The highest BCUT2D eigenvalue weighted by molar-refractivity contribution is 5.16. The van der Waals surface area contributed by atoms with E-state index in [-0.39, 0.29) is 5.92 Å². The molecule has 25 heavy (non-hydrogen) atoms. The number of H-pyrrole nitrogens is 1. The van der Waals surface area contributed by atoms with Gasteiger partial charge in [0.05, 0.1) is 12.3 Å². The number of imidazole rings is 1. The second kappa shape index (κ2) is 8.54. The molecule has 6 heteroatoms. The van der Waals surface area contributed by atoms with E-state index in [1.807, 2.05) is 30.3 Å². The first-order chi connectivity index (χ1) is 11.7. The second-order valence-electron chi connectivity index (χ2n) is 7.22. The van der Waals surface area contributed by atoms with E-state index in [1.54, 1.807) is 0 Å². The van der Waals surface area contributed by atoms with Crippen LogP contribution < -0.4 is 5.73 Å². The summed E-state index contributed by atoms with van der Waals surface area (Å²) in [5.41, 5.74) is 5.84. The zero-order valence-corrected chi connectivity index (χ0v) is 14.8. The van der Waals surface area contributed by atoms with Crippen molar-refractivity contribution in [3.05, 3.63) is 53.9 Å². The topological polar surface area (TPSA) is 74.9 Å². The van der Waals surface area contributed by atoms with Gasteiger partial charge in [0.1, 0.15) is 11.5 Å². The van der Waals surface area contributed by atoms with E-state index in [4.69, 9.17) is 5.73 Å². The van der Waals surface area contributed by atoms with Crippen molar-refractivity contribution in [1.82, 2.24) is 9.97 Å². The summed E-state index contributed by atoms with van der Waals surface area (Å²) in [6.07, 6.45) is 1.96. The van der Waals surface area contributed by atoms with E-state index in [0.717, 1.165) is 5.56 Å². The highest BCUT2D eigenvalue weighted by Crippen LogP contribution is 2.29. The van der Waals surface area contributed by atoms with Gasteiger partial charge >= 0.3 is 0 Å². The van der Waals surface area contributed by atoms with Gasteiger partial charge in [-0.1, -0.05) is 30.3 Å². The number of rotatable bonds is 9. The van der Waals surface area contributed by atoms with Crippen LogP contribution in [0.3, 0.4) is 0 Å². The molecule has 1 aromatic heterocycles. The van der Waals surface area contributed by atoms with Crippen LogP contribution in [0.15, 0.2) is 36.5 Å². The summed E-state index contributed by atoms with van der Waals surface area (Å²) in [7, 11) is 0. The van der Waals surface area contributed by atoms with Gasteiger partial charge < -0.3 is 15.8 Å². The number of halogens is 2. The molecule has 0 aliphatic rings. The average molecular weight is 351 g/mol. The lowest BCUT2D eigenvalue weighted by atomic mass is 9.88. The molecule has 1 heterocycles. The maximum Gasteiger partial charge on any atom is 0.230 e. The standard InChI is InChI=1S/C19H27F2N3O/c1-19(2,21)9-8-14(18-23-12-17(20)24-18)11-16(25)15(22)10-13-6-4-3-5-7-13/h3-7,12,14-16,25H,8-11,22H2,1-2H3,(H,23,24)/t14-,15+,16+/m1/s1. The summed E-state index contributed by atoms with van der Waals surface area (Å²) < 4.78 is 27.1. The number of hydrogen-bond acceptors (Lipinski definition) is 3. The van der Waals surface area contributed by atoms with Crippen molar-refractivity contribution in [1.29, 1.82) is 0 Å². The zero-order valence-electron chi connectivity index (χ0n) is 14.8. The molecule has 0 unspecified atom stereocenters. The smallest absolute Gasteiger partial charge is 0.230 e. The number of aromatic nitrogens is 2. The van der Waals surface area contributed by atoms with Crippen molar-refractivity contribution in [2.45, 2.75) is 63.3 Å². The molecule has 0 radical (unpaired) electrons. The number of hydrogen-bond donors (Lipinski definition) is 3. The lowest BCUT2D eigenvalue weighted by Crippen LogP contribution is -2.37. The molecule has 0 spiro atoms. The number of aromatic amines is 1. The lowest BCUT2D eigenvalue weighted by Gasteiger charge is -2.25. The number of benzene rings is 1. The highest BCUT2D eigenvalue weighted by atomic mass is 19.1. The van der Waals surface area contributed by atoms with Crippen molar-refractivity contribution in [3.8, 4) is 0 Å². The minimum absolute atomic E-state index is 0.281. The molecule has 138 valence electrons. The number of aliphatic hydroxyl groups excluding tert-OH is 1. The second-order valence-corrected chi connectivity index (χ2v) is 7.22. The van der Waals surface area contributed by atoms with Gasteiger partial charge in [-0.25, -0.2) is 9.37 Å². The Hall–Kier alpha value is -1.79. The predicted molar refractivity (Wildman–Crippen MR) is 94.5 cm³/mol. The van der Waals surface area contributed by atoms with E-state index in [9.17, 15) is 13.9 Å². The van der Waals surface area contributed by atoms with Crippen molar-refractivity contribution < 1.29 is 13.9 Å².